The van der Waals surface area contributed by atoms with Gasteiger partial charge in [-0.15, -0.1) is 0 Å². The average molecular weight is 364 g/mol. The third-order valence-corrected chi connectivity index (χ3v) is 5.07. The summed E-state index contributed by atoms with van der Waals surface area (Å²) in [5, 5.41) is 2.81. The molecule has 0 saturated heterocycles. The number of carbonyl (C=O) groups is 1. The number of anilines is 1. The van der Waals surface area contributed by atoms with Gasteiger partial charge in [0, 0.05) is 0 Å². The molecule has 134 valence electrons. The fraction of sp³-hybridized carbons (Fsp3) is 0.278. The zero-order valence-electron chi connectivity index (χ0n) is 14.3. The summed E-state index contributed by atoms with van der Waals surface area (Å²) in [7, 11) is -3.73. The van der Waals surface area contributed by atoms with Gasteiger partial charge in [0.25, 0.3) is 0 Å². The predicted molar refractivity (Wildman–Crippen MR) is 96.2 cm³/mol. The number of benzene rings is 2. The lowest BCUT2D eigenvalue weighted by molar-refractivity contribution is -0.122. The van der Waals surface area contributed by atoms with Crippen LogP contribution in [0.5, 0.6) is 0 Å². The Hall–Kier alpha value is -2.41. The summed E-state index contributed by atoms with van der Waals surface area (Å²) in [4.78, 5) is 12.6. The van der Waals surface area contributed by atoms with Gasteiger partial charge >= 0.3 is 0 Å². The van der Waals surface area contributed by atoms with E-state index in [9.17, 15) is 17.6 Å². The van der Waals surface area contributed by atoms with Crippen LogP contribution in [0.25, 0.3) is 0 Å². The van der Waals surface area contributed by atoms with Crippen molar-refractivity contribution in [1.82, 2.24) is 5.32 Å². The van der Waals surface area contributed by atoms with E-state index in [1.807, 2.05) is 37.3 Å². The number of rotatable bonds is 6. The van der Waals surface area contributed by atoms with E-state index in [0.29, 0.717) is 0 Å². The molecular weight excluding hydrogens is 343 g/mol. The maximum atomic E-state index is 13.1. The normalized spacial score (nSPS) is 13.8. The summed E-state index contributed by atoms with van der Waals surface area (Å²) < 4.78 is 38.4. The van der Waals surface area contributed by atoms with Crippen LogP contribution >= 0.6 is 0 Å². The van der Waals surface area contributed by atoms with Crippen molar-refractivity contribution in [3.63, 3.8) is 0 Å². The van der Waals surface area contributed by atoms with E-state index in [-0.39, 0.29) is 11.7 Å². The van der Waals surface area contributed by atoms with Crippen molar-refractivity contribution < 1.29 is 17.6 Å². The Morgan fingerprint density at radius 3 is 2.12 bits per heavy atom. The molecule has 0 aliphatic heterocycles. The molecule has 2 aromatic carbocycles. The van der Waals surface area contributed by atoms with Crippen LogP contribution in [-0.2, 0) is 14.8 Å². The first-order valence-electron chi connectivity index (χ1n) is 7.80. The molecule has 1 amide bonds. The van der Waals surface area contributed by atoms with E-state index < -0.39 is 27.8 Å². The number of hydrogen-bond acceptors (Lipinski definition) is 3. The minimum absolute atomic E-state index is 0.235. The molecule has 2 rings (SSSR count). The van der Waals surface area contributed by atoms with Crippen molar-refractivity contribution in [3.05, 3.63) is 66.0 Å². The SMILES string of the molecule is C[C@H](NC(=O)[C@@H](C)N(c1ccc(F)cc1)S(C)(=O)=O)c1ccccc1. The smallest absolute Gasteiger partial charge is 0.244 e. The minimum atomic E-state index is -3.73. The molecule has 0 bridgehead atoms. The van der Waals surface area contributed by atoms with E-state index >= 15 is 0 Å². The van der Waals surface area contributed by atoms with Gasteiger partial charge in [-0.2, -0.15) is 0 Å². The Kier molecular flexibility index (Phi) is 5.79. The quantitative estimate of drug-likeness (QED) is 0.857. The largest absolute Gasteiger partial charge is 0.348 e. The Balaban J connectivity index is 2.23. The second-order valence-corrected chi connectivity index (χ2v) is 7.71. The lowest BCUT2D eigenvalue weighted by atomic mass is 10.1. The molecule has 5 nitrogen and oxygen atoms in total. The van der Waals surface area contributed by atoms with Crippen LogP contribution in [0, 0.1) is 5.82 Å². The van der Waals surface area contributed by atoms with Crippen molar-refractivity contribution in [2.75, 3.05) is 10.6 Å². The number of nitrogens with zero attached hydrogens (tertiary/aromatic N) is 1. The van der Waals surface area contributed by atoms with Gasteiger partial charge in [0.15, 0.2) is 0 Å². The fourth-order valence-corrected chi connectivity index (χ4v) is 3.73. The lowest BCUT2D eigenvalue weighted by Crippen LogP contribution is -2.48. The maximum Gasteiger partial charge on any atom is 0.244 e. The number of nitrogens with one attached hydrogen (secondary N) is 1. The number of amides is 1. The molecule has 0 heterocycles. The number of halogens is 1. The molecule has 0 saturated carbocycles. The van der Waals surface area contributed by atoms with Gasteiger partial charge in [-0.1, -0.05) is 30.3 Å². The van der Waals surface area contributed by atoms with Gasteiger partial charge in [0.1, 0.15) is 11.9 Å². The fourth-order valence-electron chi connectivity index (χ4n) is 2.56. The predicted octanol–water partition coefficient (Wildman–Crippen LogP) is 2.86. The molecule has 2 atom stereocenters. The van der Waals surface area contributed by atoms with E-state index in [1.54, 1.807) is 0 Å². The highest BCUT2D eigenvalue weighted by molar-refractivity contribution is 7.92. The molecule has 1 N–H and O–H groups in total. The van der Waals surface area contributed by atoms with Crippen molar-refractivity contribution in [2.45, 2.75) is 25.9 Å². The van der Waals surface area contributed by atoms with Crippen LogP contribution in [0.15, 0.2) is 54.6 Å². The summed E-state index contributed by atoms with van der Waals surface area (Å²) in [5.41, 5.74) is 1.15. The first-order chi connectivity index (χ1) is 11.7. The maximum absolute atomic E-state index is 13.1. The summed E-state index contributed by atoms with van der Waals surface area (Å²) >= 11 is 0. The summed E-state index contributed by atoms with van der Waals surface area (Å²) in [6.07, 6.45) is 1.01. The lowest BCUT2D eigenvalue weighted by Gasteiger charge is -2.29. The van der Waals surface area contributed by atoms with Crippen molar-refractivity contribution in [3.8, 4) is 0 Å². The number of sulfonamides is 1. The van der Waals surface area contributed by atoms with Crippen molar-refractivity contribution in [2.24, 2.45) is 0 Å². The number of carbonyl (C=O) groups excluding carboxylic acids is 1. The molecule has 0 radical (unpaired) electrons. The Morgan fingerprint density at radius 1 is 1.04 bits per heavy atom. The molecule has 0 fully saturated rings. The third-order valence-electron chi connectivity index (χ3n) is 3.83. The molecule has 2 aromatic rings. The second kappa shape index (κ2) is 7.65. The monoisotopic (exact) mass is 364 g/mol. The molecule has 7 heteroatoms. The summed E-state index contributed by atoms with van der Waals surface area (Å²) in [6.45, 7) is 3.32. The van der Waals surface area contributed by atoms with Gasteiger partial charge in [0.2, 0.25) is 15.9 Å². The van der Waals surface area contributed by atoms with Crippen molar-refractivity contribution in [1.29, 1.82) is 0 Å². The van der Waals surface area contributed by atoms with Crippen molar-refractivity contribution >= 4 is 21.6 Å². The molecule has 0 aliphatic rings. The Labute approximate surface area is 147 Å². The highest BCUT2D eigenvalue weighted by Gasteiger charge is 2.29. The van der Waals surface area contributed by atoms with Crippen LogP contribution in [0.4, 0.5) is 10.1 Å². The second-order valence-electron chi connectivity index (χ2n) is 5.85. The molecule has 0 unspecified atom stereocenters. The average Bonchev–Trinajstić information content (AvgIpc) is 2.56. The molecule has 0 aromatic heterocycles. The van der Waals surface area contributed by atoms with Gasteiger partial charge in [-0.25, -0.2) is 12.8 Å². The van der Waals surface area contributed by atoms with Gasteiger partial charge in [-0.3, -0.25) is 9.10 Å². The first kappa shape index (κ1) is 18.9. The van der Waals surface area contributed by atoms with E-state index in [2.05, 4.69) is 5.32 Å². The summed E-state index contributed by atoms with van der Waals surface area (Å²) in [6, 6.07) is 13.1. The van der Waals surface area contributed by atoms with Gasteiger partial charge < -0.3 is 5.32 Å². The Morgan fingerprint density at radius 2 is 1.60 bits per heavy atom. The topological polar surface area (TPSA) is 66.5 Å². The first-order valence-corrected chi connectivity index (χ1v) is 9.65. The highest BCUT2D eigenvalue weighted by atomic mass is 32.2. The highest BCUT2D eigenvalue weighted by Crippen LogP contribution is 2.22. The molecular formula is C18H21FN2O3S. The van der Waals surface area contributed by atoms with Gasteiger partial charge in [-0.05, 0) is 43.7 Å². The van der Waals surface area contributed by atoms with Crippen LogP contribution in [0.1, 0.15) is 25.5 Å². The van der Waals surface area contributed by atoms with Crippen LogP contribution in [0.3, 0.4) is 0 Å². The standard InChI is InChI=1S/C18H21FN2O3S/c1-13(15-7-5-4-6-8-15)20-18(22)14(2)21(25(3,23)24)17-11-9-16(19)10-12-17/h4-14H,1-3H3,(H,20,22)/t13-,14+/m0/s1. The minimum Gasteiger partial charge on any atom is -0.348 e. The molecule has 0 aliphatic carbocycles. The number of hydrogen-bond donors (Lipinski definition) is 1. The van der Waals surface area contributed by atoms with E-state index in [1.165, 1.54) is 19.1 Å². The van der Waals surface area contributed by atoms with E-state index in [0.717, 1.165) is 28.3 Å². The Bertz CT molecular complexity index is 823. The van der Waals surface area contributed by atoms with Gasteiger partial charge in [0.05, 0.1) is 18.0 Å². The zero-order valence-corrected chi connectivity index (χ0v) is 15.1. The van der Waals surface area contributed by atoms with Crippen LogP contribution in [-0.4, -0.2) is 26.6 Å². The van der Waals surface area contributed by atoms with Crippen LogP contribution < -0.4 is 9.62 Å². The van der Waals surface area contributed by atoms with E-state index in [4.69, 9.17) is 0 Å². The zero-order chi connectivity index (χ0) is 18.6. The molecule has 0 spiro atoms. The van der Waals surface area contributed by atoms with Crippen LogP contribution in [0.2, 0.25) is 0 Å². The summed E-state index contributed by atoms with van der Waals surface area (Å²) in [5.74, 6) is -0.918. The molecule has 25 heavy (non-hydrogen) atoms. The third kappa shape index (κ3) is 4.79.